The van der Waals surface area contributed by atoms with Gasteiger partial charge >= 0.3 is 0 Å². The number of sulfone groups is 1. The standard InChI is InChI=1S/C9H12BrNO2S2/c10-8-1-2-9(14-8)15(12,13)7-3-5-11-6-4-7/h1-2,7,11H,3-6H2. The van der Waals surface area contributed by atoms with E-state index in [-0.39, 0.29) is 5.25 Å². The quantitative estimate of drug-likeness (QED) is 0.909. The lowest BCUT2D eigenvalue weighted by atomic mass is 10.2. The summed E-state index contributed by atoms with van der Waals surface area (Å²) in [4.78, 5) is 0. The number of hydrogen-bond donors (Lipinski definition) is 1. The highest BCUT2D eigenvalue weighted by Gasteiger charge is 2.29. The van der Waals surface area contributed by atoms with Crippen LogP contribution in [0.4, 0.5) is 0 Å². The minimum absolute atomic E-state index is 0.204. The van der Waals surface area contributed by atoms with Crippen molar-refractivity contribution in [2.24, 2.45) is 0 Å². The van der Waals surface area contributed by atoms with Crippen LogP contribution in [0.15, 0.2) is 20.1 Å². The van der Waals surface area contributed by atoms with Crippen LogP contribution in [0.25, 0.3) is 0 Å². The minimum Gasteiger partial charge on any atom is -0.317 e. The molecule has 2 heterocycles. The van der Waals surface area contributed by atoms with Gasteiger partial charge in [-0.1, -0.05) is 0 Å². The molecule has 0 radical (unpaired) electrons. The number of halogens is 1. The van der Waals surface area contributed by atoms with Crippen LogP contribution in [0.3, 0.4) is 0 Å². The first-order chi connectivity index (χ1) is 7.10. The average Bonchev–Trinajstić information content (AvgIpc) is 2.67. The summed E-state index contributed by atoms with van der Waals surface area (Å²) in [5, 5.41) is 2.97. The number of nitrogens with one attached hydrogen (secondary N) is 1. The second-order valence-electron chi connectivity index (χ2n) is 3.55. The van der Waals surface area contributed by atoms with Gasteiger partial charge in [-0.25, -0.2) is 8.42 Å². The maximum Gasteiger partial charge on any atom is 0.190 e. The van der Waals surface area contributed by atoms with Gasteiger partial charge in [-0.3, -0.25) is 0 Å². The summed E-state index contributed by atoms with van der Waals surface area (Å²) in [6.07, 6.45) is 1.44. The van der Waals surface area contributed by atoms with Gasteiger partial charge < -0.3 is 5.32 Å². The first-order valence-corrected chi connectivity index (χ1v) is 7.96. The Morgan fingerprint density at radius 2 is 2.00 bits per heavy atom. The van der Waals surface area contributed by atoms with Crippen LogP contribution >= 0.6 is 27.3 Å². The van der Waals surface area contributed by atoms with Crippen LogP contribution in [0.2, 0.25) is 0 Å². The normalized spacial score (nSPS) is 19.3. The summed E-state index contributed by atoms with van der Waals surface area (Å²) in [6.45, 7) is 1.60. The summed E-state index contributed by atoms with van der Waals surface area (Å²) in [5.41, 5.74) is 0. The molecule has 1 aromatic heterocycles. The van der Waals surface area contributed by atoms with Gasteiger partial charge in [0.2, 0.25) is 0 Å². The Balaban J connectivity index is 2.26. The average molecular weight is 310 g/mol. The second kappa shape index (κ2) is 4.53. The lowest BCUT2D eigenvalue weighted by Crippen LogP contribution is -2.35. The molecule has 0 atom stereocenters. The largest absolute Gasteiger partial charge is 0.317 e. The van der Waals surface area contributed by atoms with Crippen LogP contribution in [0.5, 0.6) is 0 Å². The summed E-state index contributed by atoms with van der Waals surface area (Å²) in [5.74, 6) is 0. The fourth-order valence-corrected chi connectivity index (χ4v) is 5.75. The maximum atomic E-state index is 12.2. The fourth-order valence-electron chi connectivity index (χ4n) is 1.72. The lowest BCUT2D eigenvalue weighted by molar-refractivity contribution is 0.497. The van der Waals surface area contributed by atoms with Gasteiger partial charge in [0.25, 0.3) is 0 Å². The molecule has 0 amide bonds. The van der Waals surface area contributed by atoms with Crippen LogP contribution in [0.1, 0.15) is 12.8 Å². The van der Waals surface area contributed by atoms with E-state index in [0.717, 1.165) is 29.7 Å². The number of piperidine rings is 1. The molecule has 0 spiro atoms. The molecule has 3 nitrogen and oxygen atoms in total. The molecule has 84 valence electrons. The van der Waals surface area contributed by atoms with Gasteiger partial charge in [-0.2, -0.15) is 0 Å². The minimum atomic E-state index is -3.09. The van der Waals surface area contributed by atoms with E-state index in [1.54, 1.807) is 12.1 Å². The molecule has 6 heteroatoms. The van der Waals surface area contributed by atoms with Gasteiger partial charge in [-0.15, -0.1) is 11.3 Å². The molecule has 0 bridgehead atoms. The molecule has 1 aliphatic rings. The van der Waals surface area contributed by atoms with Crippen molar-refractivity contribution in [3.8, 4) is 0 Å². The van der Waals surface area contributed by atoms with E-state index >= 15 is 0 Å². The first-order valence-electron chi connectivity index (χ1n) is 4.80. The summed E-state index contributed by atoms with van der Waals surface area (Å²) >= 11 is 4.59. The maximum absolute atomic E-state index is 12.2. The molecule has 15 heavy (non-hydrogen) atoms. The van der Waals surface area contributed by atoms with Crippen molar-refractivity contribution in [1.82, 2.24) is 5.32 Å². The zero-order valence-electron chi connectivity index (χ0n) is 8.07. The Morgan fingerprint density at radius 3 is 2.53 bits per heavy atom. The highest BCUT2D eigenvalue weighted by molar-refractivity contribution is 9.11. The SMILES string of the molecule is O=S(=O)(c1ccc(Br)s1)C1CCNCC1. The Kier molecular flexibility index (Phi) is 3.49. The molecule has 2 rings (SSSR count). The summed E-state index contributed by atoms with van der Waals surface area (Å²) in [6, 6.07) is 3.48. The molecule has 1 aliphatic heterocycles. The molecule has 0 aromatic carbocycles. The number of hydrogen-bond acceptors (Lipinski definition) is 4. The molecular weight excluding hydrogens is 298 g/mol. The van der Waals surface area contributed by atoms with Crippen molar-refractivity contribution in [2.75, 3.05) is 13.1 Å². The molecule has 1 saturated heterocycles. The zero-order valence-corrected chi connectivity index (χ0v) is 11.3. The molecule has 1 N–H and O–H groups in total. The fraction of sp³-hybridized carbons (Fsp3) is 0.556. The Bertz CT molecular complexity index is 435. The second-order valence-corrected chi connectivity index (χ2v) is 8.47. The van der Waals surface area contributed by atoms with E-state index in [1.165, 1.54) is 11.3 Å². The van der Waals surface area contributed by atoms with Crippen molar-refractivity contribution < 1.29 is 8.42 Å². The Hall–Kier alpha value is 0.0900. The van der Waals surface area contributed by atoms with E-state index in [2.05, 4.69) is 21.2 Å². The Morgan fingerprint density at radius 1 is 1.33 bits per heavy atom. The van der Waals surface area contributed by atoms with E-state index < -0.39 is 9.84 Å². The molecule has 0 saturated carbocycles. The van der Waals surface area contributed by atoms with Crippen LogP contribution in [-0.2, 0) is 9.84 Å². The Labute approximate surface area is 102 Å². The predicted octanol–water partition coefficient (Wildman–Crippen LogP) is 2.04. The monoisotopic (exact) mass is 309 g/mol. The molecule has 1 aromatic rings. The molecule has 1 fully saturated rings. The van der Waals surface area contributed by atoms with Crippen molar-refractivity contribution >= 4 is 37.1 Å². The van der Waals surface area contributed by atoms with Crippen molar-refractivity contribution in [3.63, 3.8) is 0 Å². The number of rotatable bonds is 2. The van der Waals surface area contributed by atoms with E-state index in [1.807, 2.05) is 0 Å². The van der Waals surface area contributed by atoms with Crippen molar-refractivity contribution in [3.05, 3.63) is 15.9 Å². The van der Waals surface area contributed by atoms with Gasteiger partial charge in [-0.05, 0) is 54.0 Å². The van der Waals surface area contributed by atoms with Gasteiger partial charge in [0.05, 0.1) is 9.04 Å². The molecule has 0 unspecified atom stereocenters. The van der Waals surface area contributed by atoms with Gasteiger partial charge in [0.15, 0.2) is 9.84 Å². The van der Waals surface area contributed by atoms with Crippen LogP contribution < -0.4 is 5.32 Å². The van der Waals surface area contributed by atoms with Crippen LogP contribution in [-0.4, -0.2) is 26.8 Å². The highest BCUT2D eigenvalue weighted by atomic mass is 79.9. The lowest BCUT2D eigenvalue weighted by Gasteiger charge is -2.21. The molecule has 0 aliphatic carbocycles. The highest BCUT2D eigenvalue weighted by Crippen LogP contribution is 2.30. The topological polar surface area (TPSA) is 46.2 Å². The van der Waals surface area contributed by atoms with E-state index in [9.17, 15) is 8.42 Å². The first kappa shape index (κ1) is 11.6. The van der Waals surface area contributed by atoms with E-state index in [0.29, 0.717) is 4.21 Å². The summed E-state index contributed by atoms with van der Waals surface area (Å²) < 4.78 is 25.7. The zero-order chi connectivity index (χ0) is 10.9. The predicted molar refractivity (Wildman–Crippen MR) is 65.1 cm³/mol. The number of thiophene rings is 1. The van der Waals surface area contributed by atoms with Gasteiger partial charge in [0.1, 0.15) is 4.21 Å². The smallest absolute Gasteiger partial charge is 0.190 e. The van der Waals surface area contributed by atoms with Crippen molar-refractivity contribution in [2.45, 2.75) is 22.3 Å². The third kappa shape index (κ3) is 2.43. The third-order valence-corrected chi connectivity index (χ3v) is 6.97. The third-order valence-electron chi connectivity index (χ3n) is 2.55. The van der Waals surface area contributed by atoms with Gasteiger partial charge in [0, 0.05) is 0 Å². The summed E-state index contributed by atoms with van der Waals surface area (Å²) in [7, 11) is -3.09. The van der Waals surface area contributed by atoms with Crippen LogP contribution in [0, 0.1) is 0 Å². The van der Waals surface area contributed by atoms with E-state index in [4.69, 9.17) is 0 Å². The van der Waals surface area contributed by atoms with Crippen molar-refractivity contribution in [1.29, 1.82) is 0 Å². The molecular formula is C9H12BrNO2S2.